The maximum Gasteiger partial charge on any atom is 0.326 e. The lowest BCUT2D eigenvalue weighted by Crippen LogP contribution is -2.50. The van der Waals surface area contributed by atoms with Gasteiger partial charge in [-0.1, -0.05) is 28.5 Å². The minimum Gasteiger partial charge on any atom is -0.481 e. The normalized spacial score (nSPS) is 14.8. The Morgan fingerprint density at radius 3 is 1.46 bits per heavy atom. The number of hydrogen-bond donors (Lipinski definition) is 25. The molecule has 0 aliphatic heterocycles. The molecular formula is C74H99N19O28S2. The van der Waals surface area contributed by atoms with Gasteiger partial charge in [-0.3, -0.25) is 62.5 Å². The second-order valence-corrected chi connectivity index (χ2v) is 30.6. The molecule has 0 aliphatic rings. The van der Waals surface area contributed by atoms with Gasteiger partial charge < -0.3 is 131 Å². The Morgan fingerprint density at radius 1 is 0.504 bits per heavy atom. The molecular weight excluding hydrogens is 1670 g/mol. The van der Waals surface area contributed by atoms with E-state index in [2.05, 4.69) is 82.4 Å². The number of H-pyrrole nitrogens is 1. The van der Waals surface area contributed by atoms with Crippen molar-refractivity contribution in [1.82, 2.24) is 71.8 Å². The molecule has 14 atom stereocenters. The van der Waals surface area contributed by atoms with Crippen LogP contribution in [0.15, 0.2) is 65.7 Å². The van der Waals surface area contributed by atoms with Crippen molar-refractivity contribution in [2.24, 2.45) is 11.8 Å². The molecule has 670 valence electrons. The van der Waals surface area contributed by atoms with Crippen LogP contribution in [0.1, 0.15) is 122 Å². The van der Waals surface area contributed by atoms with Crippen molar-refractivity contribution in [3.8, 4) is 0 Å². The molecule has 123 heavy (non-hydrogen) atoms. The number of aromatic amines is 1. The van der Waals surface area contributed by atoms with E-state index in [4.69, 9.17) is 21.9 Å². The number of aliphatic carboxylic acids is 3. The summed E-state index contributed by atoms with van der Waals surface area (Å²) in [5.74, 6) is -17.5. The number of nitrogens with two attached hydrogens (primary N) is 3. The molecule has 4 heterocycles. The molecule has 28 N–H and O–H groups in total. The molecule has 6 rings (SSSR count). The third kappa shape index (κ3) is 32.8. The monoisotopic (exact) mass is 1770 g/mol. The van der Waals surface area contributed by atoms with E-state index in [1.54, 1.807) is 12.1 Å². The number of Topliss-reactive ketones (excluding diaryl/α,β-unsaturated/α-hetero) is 3. The second-order valence-electron chi connectivity index (χ2n) is 27.9. The number of carboxylic acid groups (broad SMARTS) is 3. The summed E-state index contributed by atoms with van der Waals surface area (Å²) in [7, 11) is 2.06. The summed E-state index contributed by atoms with van der Waals surface area (Å²) >= 11 is 0. The third-order valence-electron chi connectivity index (χ3n) is 18.7. The molecule has 0 spiro atoms. The van der Waals surface area contributed by atoms with Gasteiger partial charge in [0.15, 0.2) is 39.7 Å². The highest BCUT2D eigenvalue weighted by Gasteiger charge is 2.36. The third-order valence-corrected chi connectivity index (χ3v) is 21.1. The fourth-order valence-electron chi connectivity index (χ4n) is 11.6. The molecule has 6 aromatic rings. The van der Waals surface area contributed by atoms with Crippen LogP contribution in [-0.2, 0) is 70.6 Å². The molecule has 49 heteroatoms. The van der Waals surface area contributed by atoms with E-state index < -0.39 is 264 Å². The zero-order valence-electron chi connectivity index (χ0n) is 66.0. The fraction of sp³-hybridized carbons (Fsp3) is 0.500. The molecule has 1 unspecified atom stereocenters. The predicted molar refractivity (Wildman–Crippen MR) is 435 cm³/mol. The number of carbonyl (C=O) groups excluding carboxylic acids is 10. The molecule has 0 bridgehead atoms. The van der Waals surface area contributed by atoms with Crippen molar-refractivity contribution >= 4 is 150 Å². The van der Waals surface area contributed by atoms with Crippen LogP contribution in [0, 0.1) is 11.8 Å². The van der Waals surface area contributed by atoms with E-state index in [1.807, 2.05) is 0 Å². The number of anilines is 5. The van der Waals surface area contributed by atoms with E-state index in [1.165, 1.54) is 55.7 Å². The number of rotatable bonds is 56. The second kappa shape index (κ2) is 49.9. The summed E-state index contributed by atoms with van der Waals surface area (Å²) in [5, 5.41) is 150. The van der Waals surface area contributed by atoms with Crippen LogP contribution in [-0.4, -0.2) is 300 Å². The number of fused-ring (bicyclic) bond motifs is 2. The number of aliphatic hydroxyl groups excluding tert-OH is 10. The highest BCUT2D eigenvalue weighted by molar-refractivity contribution is 8.76. The maximum atomic E-state index is 14.7. The van der Waals surface area contributed by atoms with E-state index in [9.17, 15) is 134 Å². The summed E-state index contributed by atoms with van der Waals surface area (Å²) in [6.45, 7) is -2.26. The van der Waals surface area contributed by atoms with Crippen LogP contribution < -0.4 is 65.3 Å². The van der Waals surface area contributed by atoms with Crippen LogP contribution in [0.3, 0.4) is 0 Å². The molecule has 0 saturated heterocycles. The summed E-state index contributed by atoms with van der Waals surface area (Å²) in [6.07, 6.45) is -21.7. The molecule has 4 aromatic heterocycles. The van der Waals surface area contributed by atoms with Crippen molar-refractivity contribution < 1.29 is 133 Å². The van der Waals surface area contributed by atoms with Crippen molar-refractivity contribution in [2.45, 2.75) is 176 Å². The highest BCUT2D eigenvalue weighted by Crippen LogP contribution is 2.26. The zero-order chi connectivity index (χ0) is 90.7. The number of ketones is 3. The number of carboxylic acids is 3. The average Bonchev–Trinajstić information content (AvgIpc) is 0.813. The minimum absolute atomic E-state index is 0.00967. The Bertz CT molecular complexity index is 4720. The number of esters is 1. The lowest BCUT2D eigenvalue weighted by atomic mass is 9.90. The fourth-order valence-corrected chi connectivity index (χ4v) is 13.6. The number of amides is 6. The number of benzene rings is 2. The Balaban J connectivity index is 1.10. The van der Waals surface area contributed by atoms with Crippen molar-refractivity contribution in [2.75, 3.05) is 72.3 Å². The van der Waals surface area contributed by atoms with Crippen molar-refractivity contribution in [3.63, 3.8) is 0 Å². The zero-order valence-corrected chi connectivity index (χ0v) is 67.7. The number of hydrogen-bond acceptors (Lipinski definition) is 39. The van der Waals surface area contributed by atoms with Gasteiger partial charge in [-0.25, -0.2) is 29.5 Å². The number of aromatic nitrogens is 8. The first-order chi connectivity index (χ1) is 58.4. The van der Waals surface area contributed by atoms with Gasteiger partial charge >= 0.3 is 23.9 Å². The number of nitrogen functional groups attached to an aromatic ring is 3. The Morgan fingerprint density at radius 2 is 0.967 bits per heavy atom. The lowest BCUT2D eigenvalue weighted by Gasteiger charge is -2.26. The summed E-state index contributed by atoms with van der Waals surface area (Å²) in [5.41, 5.74) is 18.7. The topological polar surface area (TPSA) is 792 Å². The molecule has 0 fully saturated rings. The van der Waals surface area contributed by atoms with E-state index in [0.717, 1.165) is 21.6 Å². The molecule has 47 nitrogen and oxygen atoms in total. The number of nitrogens with one attached hydrogen (secondary N) is 9. The smallest absolute Gasteiger partial charge is 0.326 e. The first-order valence-electron chi connectivity index (χ1n) is 38.2. The van der Waals surface area contributed by atoms with Crippen LogP contribution in [0.25, 0.3) is 22.3 Å². The first kappa shape index (κ1) is 99.9. The lowest BCUT2D eigenvalue weighted by molar-refractivity contribution is -0.144. The largest absolute Gasteiger partial charge is 0.481 e. The van der Waals surface area contributed by atoms with Gasteiger partial charge in [-0.05, 0) is 80.6 Å². The van der Waals surface area contributed by atoms with Crippen LogP contribution in [0.4, 0.5) is 29.1 Å². The average molecular weight is 1770 g/mol. The Kier molecular flexibility index (Phi) is 40.5. The van der Waals surface area contributed by atoms with Gasteiger partial charge in [0.05, 0.1) is 74.4 Å². The maximum absolute atomic E-state index is 14.7. The summed E-state index contributed by atoms with van der Waals surface area (Å²) < 4.78 is 5.28. The summed E-state index contributed by atoms with van der Waals surface area (Å²) in [4.78, 5) is 218. The van der Waals surface area contributed by atoms with Crippen LogP contribution >= 0.6 is 21.6 Å². The van der Waals surface area contributed by atoms with Gasteiger partial charge in [-0.15, -0.1) is 0 Å². The van der Waals surface area contributed by atoms with Crippen molar-refractivity contribution in [3.05, 3.63) is 93.8 Å². The quantitative estimate of drug-likeness (QED) is 0.00963. The van der Waals surface area contributed by atoms with Gasteiger partial charge in [0, 0.05) is 110 Å². The van der Waals surface area contributed by atoms with E-state index in [0.29, 0.717) is 22.8 Å². The number of nitrogens with zero attached hydrogens (tertiary/aromatic N) is 7. The Labute approximate surface area is 706 Å². The van der Waals surface area contributed by atoms with Gasteiger partial charge in [0.1, 0.15) is 61.1 Å². The Hall–Kier alpha value is -11.9. The van der Waals surface area contributed by atoms with E-state index >= 15 is 0 Å². The van der Waals surface area contributed by atoms with E-state index in [-0.39, 0.29) is 95.2 Å². The molecule has 0 saturated carbocycles. The van der Waals surface area contributed by atoms with Crippen molar-refractivity contribution in [1.29, 1.82) is 0 Å². The van der Waals surface area contributed by atoms with Gasteiger partial charge in [-0.2, -0.15) is 15.0 Å². The molecule has 6 amide bonds. The molecule has 0 aliphatic carbocycles. The number of carbonyl (C=O) groups is 13. The highest BCUT2D eigenvalue weighted by atomic mass is 33.1. The van der Waals surface area contributed by atoms with Crippen LogP contribution in [0.2, 0.25) is 0 Å². The summed E-state index contributed by atoms with van der Waals surface area (Å²) in [6, 6.07) is 5.05. The standard InChI is InChI=1S/C74H99N19O28S2/c1-2-47(97)46(33-123-122-22-21-121-56(107)20-16-45(72(119)120)88-67(113)35-5-9-38(10-6-35)78-25-40-27-82-64-57(84-40)63(75)90-73(76)91-64)89-69(115)37(8-18-54(104)81-30-50(100)60(109)62(111)52(102)32-95)24-48(98)43(15-19-55(105)106)86-68(114)36(7-17-53(103)80-29-49(99)59(108)61(110)51(101)31-94)23-42(96)13-14-44(71(117)118)87-66(112)34-3-11-39(12-4-34)79-26-41-28-83-65-58(85-41)70(116)93-74(77)92-65/h3-6,9-12,27-28,36-37,43-46,49-52,59-62,78-79,94-95,99-102,108-111H,2,7-8,13-26,29-33H2,1H3,(H,80,103)(H,81,104)(H,86,114)(H,87,112)(H,88,113)(H,89,115)(H,105,106)(H,117,118)(H,119,120)(H4,75,76,82,90,91)(H3,77,83,92,93,116)/t36-,37-,43+,44+,45?,46+,49+,50+,51-,52-,59-,60-,61-,62-/m1/s1. The number of ether oxygens (including phenoxy) is 1. The number of aliphatic hydroxyl groups is 10. The molecule has 2 aromatic carbocycles. The van der Waals surface area contributed by atoms with Gasteiger partial charge in [0.2, 0.25) is 35.5 Å². The van der Waals surface area contributed by atoms with Crippen LogP contribution in [0.5, 0.6) is 0 Å². The SMILES string of the molecule is CCC(=O)[C@H](CSSCCOC(=O)CCC(NC(=O)c1ccc(NCc2cnc3nc(N)nc(N)c3n2)cc1)C(=O)O)NC(=O)[C@H](CCC(=O)NC[C@H](O)[C@@H](O)[C@H](O)[C@H](O)CO)CC(=O)[C@H](CCC(=O)O)NC(=O)[C@H](CCC(=O)NC[C@H](O)[C@@H](O)[C@H](O)[C@H](O)CO)CC(=O)CC[C@H](NC(=O)c1ccc(NCc2cnc3nc(N)[nH]c(=O)c3n2)cc1)C(=O)O. The first-order valence-corrected chi connectivity index (χ1v) is 40.7. The molecule has 0 radical (unpaired) electrons. The predicted octanol–water partition coefficient (Wildman–Crippen LogP) is -5.40. The minimum atomic E-state index is -2.13. The van der Waals surface area contributed by atoms with Gasteiger partial charge in [0.25, 0.3) is 17.4 Å².